The fourth-order valence-corrected chi connectivity index (χ4v) is 1.71. The molecule has 0 aromatic heterocycles. The molecule has 0 aliphatic rings. The van der Waals surface area contributed by atoms with Gasteiger partial charge >= 0.3 is 5.97 Å². The number of hydrogen-bond acceptors (Lipinski definition) is 3. The van der Waals surface area contributed by atoms with Crippen LogP contribution in [-0.2, 0) is 9.59 Å². The lowest BCUT2D eigenvalue weighted by Crippen LogP contribution is -2.32. The lowest BCUT2D eigenvalue weighted by atomic mass is 10.1. The number of benzene rings is 1. The van der Waals surface area contributed by atoms with Gasteiger partial charge in [0.15, 0.2) is 0 Å². The van der Waals surface area contributed by atoms with Gasteiger partial charge < -0.3 is 14.7 Å². The summed E-state index contributed by atoms with van der Waals surface area (Å²) in [4.78, 5) is 24.1. The van der Waals surface area contributed by atoms with Crippen LogP contribution in [0.25, 0.3) is 0 Å². The van der Waals surface area contributed by atoms with E-state index in [0.29, 0.717) is 11.4 Å². The van der Waals surface area contributed by atoms with Crippen molar-refractivity contribution in [2.75, 3.05) is 19.1 Å². The zero-order chi connectivity index (χ0) is 13.7. The van der Waals surface area contributed by atoms with Gasteiger partial charge in [0, 0.05) is 13.0 Å². The standard InChI is InChI=1S/C13H17NO4/c1-9(8-12(15)16)13(17)14(2)10-6-4-5-7-11(10)18-3/h4-7,9H,8H2,1-3H3,(H,15,16). The molecule has 0 saturated carbocycles. The van der Waals surface area contributed by atoms with E-state index in [-0.39, 0.29) is 12.3 Å². The highest BCUT2D eigenvalue weighted by atomic mass is 16.5. The highest BCUT2D eigenvalue weighted by molar-refractivity contribution is 5.97. The molecule has 0 saturated heterocycles. The summed E-state index contributed by atoms with van der Waals surface area (Å²) >= 11 is 0. The van der Waals surface area contributed by atoms with Crippen LogP contribution in [0.1, 0.15) is 13.3 Å². The van der Waals surface area contributed by atoms with Crippen molar-refractivity contribution in [1.29, 1.82) is 0 Å². The lowest BCUT2D eigenvalue weighted by molar-refractivity contribution is -0.140. The van der Waals surface area contributed by atoms with E-state index in [1.807, 2.05) is 0 Å². The molecular weight excluding hydrogens is 234 g/mol. The first-order chi connectivity index (χ1) is 8.47. The molecule has 5 heteroatoms. The summed E-state index contributed by atoms with van der Waals surface area (Å²) in [5.41, 5.74) is 0.627. The number of ether oxygens (including phenoxy) is 1. The van der Waals surface area contributed by atoms with E-state index < -0.39 is 11.9 Å². The Morgan fingerprint density at radius 3 is 2.56 bits per heavy atom. The average molecular weight is 251 g/mol. The van der Waals surface area contributed by atoms with Crippen molar-refractivity contribution in [2.45, 2.75) is 13.3 Å². The fourth-order valence-electron chi connectivity index (χ4n) is 1.71. The highest BCUT2D eigenvalue weighted by Crippen LogP contribution is 2.27. The summed E-state index contributed by atoms with van der Waals surface area (Å²) < 4.78 is 5.17. The van der Waals surface area contributed by atoms with Crippen LogP contribution < -0.4 is 9.64 Å². The molecule has 1 aromatic carbocycles. The summed E-state index contributed by atoms with van der Waals surface area (Å²) in [6, 6.07) is 7.11. The number of para-hydroxylation sites is 2. The second-order valence-electron chi connectivity index (χ2n) is 4.07. The van der Waals surface area contributed by atoms with Gasteiger partial charge in [-0.15, -0.1) is 0 Å². The molecule has 98 valence electrons. The van der Waals surface area contributed by atoms with E-state index in [4.69, 9.17) is 9.84 Å². The normalized spacial score (nSPS) is 11.7. The maximum Gasteiger partial charge on any atom is 0.304 e. The van der Waals surface area contributed by atoms with Gasteiger partial charge in [-0.25, -0.2) is 0 Å². The SMILES string of the molecule is COc1ccccc1N(C)C(=O)C(C)CC(=O)O. The van der Waals surface area contributed by atoms with Crippen LogP contribution in [0.2, 0.25) is 0 Å². The Bertz CT molecular complexity index is 444. The predicted molar refractivity (Wildman–Crippen MR) is 67.8 cm³/mol. The van der Waals surface area contributed by atoms with Gasteiger partial charge in [0.25, 0.3) is 0 Å². The Kier molecular flexibility index (Phi) is 4.71. The Hall–Kier alpha value is -2.04. The van der Waals surface area contributed by atoms with Crippen LogP contribution in [0.5, 0.6) is 5.75 Å². The molecular formula is C13H17NO4. The van der Waals surface area contributed by atoms with Crippen LogP contribution in [0, 0.1) is 5.92 Å². The number of hydrogen-bond donors (Lipinski definition) is 1. The van der Waals surface area contributed by atoms with Crippen molar-refractivity contribution in [2.24, 2.45) is 5.92 Å². The van der Waals surface area contributed by atoms with Crippen molar-refractivity contribution in [1.82, 2.24) is 0 Å². The fraction of sp³-hybridized carbons (Fsp3) is 0.385. The molecule has 18 heavy (non-hydrogen) atoms. The third-order valence-electron chi connectivity index (χ3n) is 2.68. The topological polar surface area (TPSA) is 66.8 Å². The molecule has 1 amide bonds. The number of carbonyl (C=O) groups excluding carboxylic acids is 1. The van der Waals surface area contributed by atoms with E-state index in [9.17, 15) is 9.59 Å². The number of carboxylic acids is 1. The number of aliphatic carboxylic acids is 1. The maximum atomic E-state index is 12.1. The molecule has 0 fully saturated rings. The first-order valence-electron chi connectivity index (χ1n) is 5.59. The van der Waals surface area contributed by atoms with Crippen molar-refractivity contribution in [3.8, 4) is 5.75 Å². The minimum atomic E-state index is -0.982. The Morgan fingerprint density at radius 2 is 2.00 bits per heavy atom. The third-order valence-corrected chi connectivity index (χ3v) is 2.68. The zero-order valence-electron chi connectivity index (χ0n) is 10.7. The van der Waals surface area contributed by atoms with E-state index >= 15 is 0 Å². The first kappa shape index (κ1) is 14.0. The highest BCUT2D eigenvalue weighted by Gasteiger charge is 2.22. The van der Waals surface area contributed by atoms with Gasteiger partial charge in [-0.3, -0.25) is 9.59 Å². The molecule has 0 aliphatic carbocycles. The largest absolute Gasteiger partial charge is 0.495 e. The van der Waals surface area contributed by atoms with E-state index in [1.54, 1.807) is 38.2 Å². The van der Waals surface area contributed by atoms with Crippen molar-refractivity contribution >= 4 is 17.6 Å². The van der Waals surface area contributed by atoms with Gasteiger partial charge in [-0.1, -0.05) is 19.1 Å². The smallest absolute Gasteiger partial charge is 0.304 e. The maximum absolute atomic E-state index is 12.1. The molecule has 1 N–H and O–H groups in total. The number of carboxylic acid groups (broad SMARTS) is 1. The van der Waals surface area contributed by atoms with Gasteiger partial charge in [0.1, 0.15) is 5.75 Å². The molecule has 0 heterocycles. The van der Waals surface area contributed by atoms with Crippen LogP contribution in [-0.4, -0.2) is 31.1 Å². The van der Waals surface area contributed by atoms with E-state index in [1.165, 1.54) is 12.0 Å². The van der Waals surface area contributed by atoms with Gasteiger partial charge in [-0.2, -0.15) is 0 Å². The average Bonchev–Trinajstić information content (AvgIpc) is 2.36. The number of methoxy groups -OCH3 is 1. The van der Waals surface area contributed by atoms with Crippen molar-refractivity contribution < 1.29 is 19.4 Å². The summed E-state index contributed by atoms with van der Waals surface area (Å²) in [6.45, 7) is 1.60. The molecule has 1 aromatic rings. The van der Waals surface area contributed by atoms with E-state index in [2.05, 4.69) is 0 Å². The molecule has 0 spiro atoms. The summed E-state index contributed by atoms with van der Waals surface area (Å²) in [7, 11) is 3.14. The number of carbonyl (C=O) groups is 2. The third kappa shape index (κ3) is 3.23. The molecule has 1 unspecified atom stereocenters. The number of anilines is 1. The molecule has 1 atom stereocenters. The van der Waals surface area contributed by atoms with Crippen molar-refractivity contribution in [3.63, 3.8) is 0 Å². The molecule has 0 bridgehead atoms. The minimum absolute atomic E-state index is 0.182. The Morgan fingerprint density at radius 1 is 1.39 bits per heavy atom. The second-order valence-corrected chi connectivity index (χ2v) is 4.07. The first-order valence-corrected chi connectivity index (χ1v) is 5.59. The van der Waals surface area contributed by atoms with E-state index in [0.717, 1.165) is 0 Å². The second kappa shape index (κ2) is 6.05. The van der Waals surface area contributed by atoms with Gasteiger partial charge in [0.2, 0.25) is 5.91 Å². The summed E-state index contributed by atoms with van der Waals surface area (Å²) in [5, 5.41) is 8.69. The zero-order valence-corrected chi connectivity index (χ0v) is 10.7. The van der Waals surface area contributed by atoms with Crippen LogP contribution in [0.4, 0.5) is 5.69 Å². The van der Waals surface area contributed by atoms with Crippen LogP contribution in [0.3, 0.4) is 0 Å². The lowest BCUT2D eigenvalue weighted by Gasteiger charge is -2.22. The Balaban J connectivity index is 2.89. The van der Waals surface area contributed by atoms with Crippen LogP contribution >= 0.6 is 0 Å². The van der Waals surface area contributed by atoms with Crippen LogP contribution in [0.15, 0.2) is 24.3 Å². The molecule has 0 radical (unpaired) electrons. The molecule has 1 rings (SSSR count). The number of rotatable bonds is 5. The Labute approximate surface area is 106 Å². The predicted octanol–water partition coefficient (Wildman–Crippen LogP) is 1.77. The number of amides is 1. The quantitative estimate of drug-likeness (QED) is 0.866. The molecule has 5 nitrogen and oxygen atoms in total. The van der Waals surface area contributed by atoms with Crippen molar-refractivity contribution in [3.05, 3.63) is 24.3 Å². The monoisotopic (exact) mass is 251 g/mol. The molecule has 0 aliphatic heterocycles. The number of nitrogens with zero attached hydrogens (tertiary/aromatic N) is 1. The summed E-state index contributed by atoms with van der Waals surface area (Å²) in [5.74, 6) is -1.22. The van der Waals surface area contributed by atoms with Gasteiger partial charge in [-0.05, 0) is 12.1 Å². The minimum Gasteiger partial charge on any atom is -0.495 e. The van der Waals surface area contributed by atoms with Gasteiger partial charge in [0.05, 0.1) is 19.2 Å². The summed E-state index contributed by atoms with van der Waals surface area (Å²) in [6.07, 6.45) is -0.182.